The van der Waals surface area contributed by atoms with Gasteiger partial charge in [0.1, 0.15) is 0 Å². The molecule has 0 bridgehead atoms. The van der Waals surface area contributed by atoms with Crippen LogP contribution in [0.4, 0.5) is 0 Å². The molecule has 3 aromatic rings. The fourth-order valence-electron chi connectivity index (χ4n) is 3.41. The third-order valence-corrected chi connectivity index (χ3v) is 9.18. The first kappa shape index (κ1) is 13.3. The summed E-state index contributed by atoms with van der Waals surface area (Å²) in [6.45, 7) is 0. The van der Waals surface area contributed by atoms with Crippen LogP contribution in [0.15, 0.2) is 60.8 Å². The zero-order chi connectivity index (χ0) is 21.7. The summed E-state index contributed by atoms with van der Waals surface area (Å²) in [6.07, 6.45) is -0.945. The Morgan fingerprint density at radius 2 is 1.46 bits per heavy atom. The van der Waals surface area contributed by atoms with Crippen LogP contribution in [0, 0.1) is 0 Å². The molecule has 2 aromatic carbocycles. The third-order valence-electron chi connectivity index (χ3n) is 4.92. The van der Waals surface area contributed by atoms with Crippen LogP contribution in [0.2, 0.25) is 17.3 Å². The number of hydrogen-bond donors (Lipinski definition) is 0. The molecule has 0 amide bonds. The van der Waals surface area contributed by atoms with E-state index in [9.17, 15) is 0 Å². The molecular weight excluding hydrogens is 375 g/mol. The predicted octanol–water partition coefficient (Wildman–Crippen LogP) is 5.84. The van der Waals surface area contributed by atoms with Crippen LogP contribution in [0.25, 0.3) is 22.4 Å². The monoisotopic (exact) mass is 407 g/mol. The van der Waals surface area contributed by atoms with Gasteiger partial charge in [0.2, 0.25) is 0 Å². The summed E-state index contributed by atoms with van der Waals surface area (Å²) >= 11 is -2.00. The fraction of sp³-hybridized carbons (Fsp3) is 0.292. The van der Waals surface area contributed by atoms with Crippen LogP contribution >= 0.6 is 0 Å². The molecule has 132 valence electrons. The maximum atomic E-state index is 8.76. The van der Waals surface area contributed by atoms with Crippen molar-refractivity contribution >= 4 is 17.7 Å². The molecule has 1 aliphatic carbocycles. The maximum absolute atomic E-state index is 8.76. The van der Waals surface area contributed by atoms with E-state index in [-0.39, 0.29) is 12.8 Å². The van der Waals surface area contributed by atoms with Gasteiger partial charge in [-0.1, -0.05) is 0 Å². The van der Waals surface area contributed by atoms with E-state index in [1.54, 1.807) is 0 Å². The first-order valence-corrected chi connectivity index (χ1v) is 16.6. The van der Waals surface area contributed by atoms with Gasteiger partial charge in [-0.05, 0) is 0 Å². The molecule has 0 N–H and O–H groups in total. The molecule has 0 spiro atoms. The van der Waals surface area contributed by atoms with Gasteiger partial charge in [-0.2, -0.15) is 0 Å². The first-order valence-electron chi connectivity index (χ1n) is 11.2. The minimum absolute atomic E-state index is 0.160. The van der Waals surface area contributed by atoms with Gasteiger partial charge >= 0.3 is 165 Å². The molecule has 1 heterocycles. The summed E-state index contributed by atoms with van der Waals surface area (Å²) in [4.78, 5) is 4.70. The van der Waals surface area contributed by atoms with Crippen molar-refractivity contribution in [3.8, 4) is 22.4 Å². The van der Waals surface area contributed by atoms with E-state index >= 15 is 0 Å². The number of rotatable bonds is 3. The third kappa shape index (κ3) is 3.37. The van der Waals surface area contributed by atoms with Gasteiger partial charge in [0, 0.05) is 0 Å². The number of pyridine rings is 1. The van der Waals surface area contributed by atoms with Crippen molar-refractivity contribution in [2.75, 3.05) is 0 Å². The summed E-state index contributed by atoms with van der Waals surface area (Å²) in [7, 11) is 0. The van der Waals surface area contributed by atoms with Gasteiger partial charge in [0.15, 0.2) is 0 Å². The Morgan fingerprint density at radius 1 is 0.808 bits per heavy atom. The predicted molar refractivity (Wildman–Crippen MR) is 115 cm³/mol. The Balaban J connectivity index is 1.98. The van der Waals surface area contributed by atoms with Gasteiger partial charge in [-0.3, -0.25) is 0 Å². The van der Waals surface area contributed by atoms with E-state index in [1.807, 2.05) is 54.7 Å². The van der Waals surface area contributed by atoms with Gasteiger partial charge in [0.05, 0.1) is 0 Å². The van der Waals surface area contributed by atoms with Crippen LogP contribution in [-0.2, 0) is 12.7 Å². The summed E-state index contributed by atoms with van der Waals surface area (Å²) in [6, 6.07) is 17.7. The molecular formula is C24H27GeN. The van der Waals surface area contributed by atoms with Crippen molar-refractivity contribution < 1.29 is 5.48 Å². The average molecular weight is 406 g/mol. The molecule has 0 atom stereocenters. The van der Waals surface area contributed by atoms with Crippen LogP contribution < -0.4 is 4.40 Å². The quantitative estimate of drug-likeness (QED) is 0.498. The minimum atomic E-state index is -2.00. The summed E-state index contributed by atoms with van der Waals surface area (Å²) in [5.41, 5.74) is 4.02. The number of benzene rings is 2. The summed E-state index contributed by atoms with van der Waals surface area (Å²) in [5, 5.41) is 0. The molecule has 2 heteroatoms. The zero-order valence-corrected chi connectivity index (χ0v) is 17.7. The van der Waals surface area contributed by atoms with Crippen LogP contribution in [-0.4, -0.2) is 18.3 Å². The normalized spacial score (nSPS) is 20.3. The standard InChI is InChI=1S/C24H27GeN/c1-25(2,3)19-13-16-24(26-17-19)23-15-14-20(18-9-5-4-6-10-18)21-11-7-8-12-22(21)23/h4-6,9-10,13-17H,7-8,11-12H2,1-3H3/i11D2,12D2. The summed E-state index contributed by atoms with van der Waals surface area (Å²) in [5.74, 6) is 6.96. The Labute approximate surface area is 165 Å². The van der Waals surface area contributed by atoms with Crippen molar-refractivity contribution in [2.45, 2.75) is 42.9 Å². The Bertz CT molecular complexity index is 1070. The second kappa shape index (κ2) is 7.04. The van der Waals surface area contributed by atoms with E-state index in [2.05, 4.69) is 23.3 Å². The number of nitrogens with zero attached hydrogens (tertiary/aromatic N) is 1. The number of hydrogen-bond acceptors (Lipinski definition) is 1. The van der Waals surface area contributed by atoms with Gasteiger partial charge in [0.25, 0.3) is 0 Å². The topological polar surface area (TPSA) is 12.9 Å². The molecule has 1 aliphatic rings. The van der Waals surface area contributed by atoms with Gasteiger partial charge in [-0.15, -0.1) is 0 Å². The number of aromatic nitrogens is 1. The molecule has 0 saturated carbocycles. The molecule has 0 fully saturated rings. The molecule has 4 rings (SSSR count). The van der Waals surface area contributed by atoms with Crippen LogP contribution in [0.5, 0.6) is 0 Å². The first-order chi connectivity index (χ1) is 14.0. The Hall–Kier alpha value is -1.87. The molecule has 26 heavy (non-hydrogen) atoms. The van der Waals surface area contributed by atoms with E-state index in [0.29, 0.717) is 22.4 Å². The van der Waals surface area contributed by atoms with Crippen molar-refractivity contribution in [2.24, 2.45) is 0 Å². The van der Waals surface area contributed by atoms with Crippen molar-refractivity contribution in [1.82, 2.24) is 4.98 Å². The molecule has 0 aliphatic heterocycles. The molecule has 0 radical (unpaired) electrons. The molecule has 1 aromatic heterocycles. The van der Waals surface area contributed by atoms with Gasteiger partial charge in [-0.25, -0.2) is 0 Å². The SMILES string of the molecule is [2H]C1([2H])CCC([2H])([2H])c2c(-c3cc[c]([Ge]([CH3])([CH3])[CH3])cn3)ccc(-c3ccccc3)c21. The second-order valence-electron chi connectivity index (χ2n) is 7.81. The Morgan fingerprint density at radius 3 is 2.08 bits per heavy atom. The van der Waals surface area contributed by atoms with Crippen LogP contribution in [0.3, 0.4) is 0 Å². The van der Waals surface area contributed by atoms with Crippen molar-refractivity contribution in [3.63, 3.8) is 0 Å². The van der Waals surface area contributed by atoms with E-state index in [0.717, 1.165) is 11.1 Å². The van der Waals surface area contributed by atoms with Crippen LogP contribution in [0.1, 0.15) is 29.5 Å². The Kier molecular flexibility index (Phi) is 3.61. The van der Waals surface area contributed by atoms with Gasteiger partial charge < -0.3 is 0 Å². The molecule has 1 nitrogen and oxygen atoms in total. The molecule has 0 saturated heterocycles. The average Bonchev–Trinajstić information content (AvgIpc) is 2.71. The van der Waals surface area contributed by atoms with Crippen molar-refractivity contribution in [3.05, 3.63) is 71.9 Å². The number of fused-ring (bicyclic) bond motifs is 1. The van der Waals surface area contributed by atoms with E-state index < -0.39 is 26.0 Å². The van der Waals surface area contributed by atoms with E-state index in [1.165, 1.54) is 4.40 Å². The molecule has 0 unspecified atom stereocenters. The van der Waals surface area contributed by atoms with E-state index in [4.69, 9.17) is 10.5 Å². The second-order valence-corrected chi connectivity index (χ2v) is 18.5. The van der Waals surface area contributed by atoms with Crippen molar-refractivity contribution in [1.29, 1.82) is 0 Å². The summed E-state index contributed by atoms with van der Waals surface area (Å²) < 4.78 is 36.3. The fourth-order valence-corrected chi connectivity index (χ4v) is 5.59. The zero-order valence-electron chi connectivity index (χ0n) is 19.6.